The van der Waals surface area contributed by atoms with Crippen LogP contribution in [0.2, 0.25) is 0 Å². The van der Waals surface area contributed by atoms with Gasteiger partial charge >= 0.3 is 0 Å². The molecule has 1 atom stereocenters. The Morgan fingerprint density at radius 2 is 1.92 bits per heavy atom. The molecule has 0 spiro atoms. The molecule has 2 N–H and O–H groups in total. The van der Waals surface area contributed by atoms with Crippen LogP contribution in [0.25, 0.3) is 0 Å². The van der Waals surface area contributed by atoms with Crippen molar-refractivity contribution in [3.63, 3.8) is 0 Å². The van der Waals surface area contributed by atoms with Gasteiger partial charge < -0.3 is 10.3 Å². The van der Waals surface area contributed by atoms with E-state index in [-0.39, 0.29) is 16.8 Å². The summed E-state index contributed by atoms with van der Waals surface area (Å²) in [4.78, 5) is 20.6. The Hall–Kier alpha value is -2.15. The zero-order valence-corrected chi connectivity index (χ0v) is 15.5. The molecule has 0 aliphatic heterocycles. The highest BCUT2D eigenvalue weighted by molar-refractivity contribution is 7.90. The van der Waals surface area contributed by atoms with Crippen molar-refractivity contribution in [3.8, 4) is 0 Å². The van der Waals surface area contributed by atoms with Crippen molar-refractivity contribution in [2.45, 2.75) is 49.5 Å². The molecule has 1 aromatic carbocycles. The van der Waals surface area contributed by atoms with Crippen LogP contribution in [0.1, 0.15) is 49.3 Å². The average Bonchev–Trinajstić information content (AvgIpc) is 2.92. The maximum Gasteiger partial charge on any atom is 0.231 e. The van der Waals surface area contributed by atoms with Crippen LogP contribution in [0.3, 0.4) is 0 Å². The Labute approximate surface area is 148 Å². The number of hydrogen-bond acceptors (Lipinski definition) is 4. The summed E-state index contributed by atoms with van der Waals surface area (Å²) in [5.74, 6) is 0.695. The molecule has 6 nitrogen and oxygen atoms in total. The number of amides is 1. The van der Waals surface area contributed by atoms with Gasteiger partial charge in [-0.25, -0.2) is 13.4 Å². The maximum atomic E-state index is 12.9. The van der Waals surface area contributed by atoms with Gasteiger partial charge in [0.25, 0.3) is 0 Å². The Bertz CT molecular complexity index is 881. The first kappa shape index (κ1) is 17.7. The van der Waals surface area contributed by atoms with Crippen molar-refractivity contribution >= 4 is 15.7 Å². The van der Waals surface area contributed by atoms with Gasteiger partial charge in [-0.05, 0) is 44.4 Å². The van der Waals surface area contributed by atoms with Crippen molar-refractivity contribution in [2.75, 3.05) is 6.26 Å². The standard InChI is InChI=1S/C18H23N3O3S/c1-12-11-19-16(20-12)13(2)21-17(22)18(9-4-10-18)14-5-7-15(8-6-14)25(3,23)24/h5-8,11,13H,4,9-10H2,1-3H3,(H,19,20)(H,21,22)/t13-/m1/s1. The van der Waals surface area contributed by atoms with E-state index in [9.17, 15) is 13.2 Å². The predicted octanol–water partition coefficient (Wildman–Crippen LogP) is 2.42. The summed E-state index contributed by atoms with van der Waals surface area (Å²) < 4.78 is 23.3. The monoisotopic (exact) mass is 361 g/mol. The van der Waals surface area contributed by atoms with Gasteiger partial charge in [0.15, 0.2) is 9.84 Å². The van der Waals surface area contributed by atoms with Gasteiger partial charge in [-0.2, -0.15) is 0 Å². The molecule has 7 heteroatoms. The maximum absolute atomic E-state index is 12.9. The van der Waals surface area contributed by atoms with E-state index in [0.29, 0.717) is 0 Å². The summed E-state index contributed by atoms with van der Waals surface area (Å²) in [7, 11) is -3.24. The molecule has 1 aromatic heterocycles. The highest BCUT2D eigenvalue weighted by atomic mass is 32.2. The van der Waals surface area contributed by atoms with Crippen molar-refractivity contribution in [2.24, 2.45) is 0 Å². The second kappa shape index (κ2) is 6.29. The number of nitrogens with zero attached hydrogens (tertiary/aromatic N) is 1. The van der Waals surface area contributed by atoms with Crippen LogP contribution in [0.15, 0.2) is 35.4 Å². The lowest BCUT2D eigenvalue weighted by Gasteiger charge is -2.41. The molecule has 1 heterocycles. The number of imidazole rings is 1. The third-order valence-corrected chi connectivity index (χ3v) is 6.09. The molecule has 0 saturated heterocycles. The highest BCUT2D eigenvalue weighted by Gasteiger charge is 2.46. The van der Waals surface area contributed by atoms with Crippen molar-refractivity contribution < 1.29 is 13.2 Å². The fraction of sp³-hybridized carbons (Fsp3) is 0.444. The number of aryl methyl sites for hydroxylation is 1. The third-order valence-electron chi connectivity index (χ3n) is 4.96. The minimum atomic E-state index is -3.24. The lowest BCUT2D eigenvalue weighted by molar-refractivity contribution is -0.130. The van der Waals surface area contributed by atoms with E-state index in [0.717, 1.165) is 36.3 Å². The second-order valence-electron chi connectivity index (χ2n) is 6.88. The Morgan fingerprint density at radius 1 is 1.28 bits per heavy atom. The zero-order valence-electron chi connectivity index (χ0n) is 14.7. The number of sulfone groups is 1. The number of hydrogen-bond donors (Lipinski definition) is 2. The molecule has 1 fully saturated rings. The smallest absolute Gasteiger partial charge is 0.231 e. The molecule has 0 bridgehead atoms. The summed E-state index contributed by atoms with van der Waals surface area (Å²) in [5, 5.41) is 3.04. The molecule has 0 radical (unpaired) electrons. The van der Waals surface area contributed by atoms with Crippen molar-refractivity contribution in [1.82, 2.24) is 15.3 Å². The molecule has 0 unspecified atom stereocenters. The molecule has 25 heavy (non-hydrogen) atoms. The minimum absolute atomic E-state index is 0.0348. The SMILES string of the molecule is Cc1cnc([C@@H](C)NC(=O)C2(c3ccc(S(C)(=O)=O)cc3)CCC2)[nH]1. The van der Waals surface area contributed by atoms with E-state index < -0.39 is 15.3 Å². The zero-order chi connectivity index (χ0) is 18.2. The average molecular weight is 361 g/mol. The van der Waals surface area contributed by atoms with E-state index in [1.54, 1.807) is 30.5 Å². The second-order valence-corrected chi connectivity index (χ2v) is 8.89. The van der Waals surface area contributed by atoms with Crippen LogP contribution in [0.5, 0.6) is 0 Å². The van der Waals surface area contributed by atoms with Crippen LogP contribution in [-0.4, -0.2) is 30.5 Å². The van der Waals surface area contributed by atoms with Crippen LogP contribution in [0, 0.1) is 6.92 Å². The Kier molecular flexibility index (Phi) is 4.45. The van der Waals surface area contributed by atoms with Gasteiger partial charge in [-0.15, -0.1) is 0 Å². The summed E-state index contributed by atoms with van der Waals surface area (Å²) in [6.45, 7) is 3.82. The molecule has 1 amide bonds. The normalized spacial score (nSPS) is 17.6. The predicted molar refractivity (Wildman–Crippen MR) is 95.0 cm³/mol. The van der Waals surface area contributed by atoms with E-state index in [1.807, 2.05) is 13.8 Å². The van der Waals surface area contributed by atoms with Crippen LogP contribution >= 0.6 is 0 Å². The summed E-state index contributed by atoms with van der Waals surface area (Å²) in [6.07, 6.45) is 5.43. The van der Waals surface area contributed by atoms with E-state index in [2.05, 4.69) is 15.3 Å². The molecule has 1 saturated carbocycles. The number of rotatable bonds is 5. The minimum Gasteiger partial charge on any atom is -0.346 e. The first-order valence-electron chi connectivity index (χ1n) is 8.35. The molecule has 1 aliphatic carbocycles. The molecule has 134 valence electrons. The van der Waals surface area contributed by atoms with E-state index in [1.165, 1.54) is 6.26 Å². The van der Waals surface area contributed by atoms with Crippen LogP contribution < -0.4 is 5.32 Å². The summed E-state index contributed by atoms with van der Waals surface area (Å²) in [5.41, 5.74) is 1.24. The highest BCUT2D eigenvalue weighted by Crippen LogP contribution is 2.44. The van der Waals surface area contributed by atoms with Gasteiger partial charge in [0.2, 0.25) is 5.91 Å². The topological polar surface area (TPSA) is 91.9 Å². The summed E-state index contributed by atoms with van der Waals surface area (Å²) >= 11 is 0. The largest absolute Gasteiger partial charge is 0.346 e. The van der Waals surface area contributed by atoms with Gasteiger partial charge in [-0.3, -0.25) is 4.79 Å². The van der Waals surface area contributed by atoms with Crippen molar-refractivity contribution in [3.05, 3.63) is 47.5 Å². The fourth-order valence-corrected chi connectivity index (χ4v) is 3.88. The first-order valence-corrected chi connectivity index (χ1v) is 10.2. The van der Waals surface area contributed by atoms with E-state index in [4.69, 9.17) is 0 Å². The third kappa shape index (κ3) is 3.33. The lowest BCUT2D eigenvalue weighted by atomic mass is 9.63. The van der Waals surface area contributed by atoms with Crippen LogP contribution in [-0.2, 0) is 20.0 Å². The number of carbonyl (C=O) groups is 1. The Balaban J connectivity index is 1.81. The molecular weight excluding hydrogens is 338 g/mol. The number of carbonyl (C=O) groups excluding carboxylic acids is 1. The van der Waals surface area contributed by atoms with Crippen molar-refractivity contribution in [1.29, 1.82) is 0 Å². The number of nitrogens with one attached hydrogen (secondary N) is 2. The van der Waals surface area contributed by atoms with Crippen LogP contribution in [0.4, 0.5) is 0 Å². The number of benzene rings is 1. The Morgan fingerprint density at radius 3 is 2.36 bits per heavy atom. The molecule has 3 rings (SSSR count). The quantitative estimate of drug-likeness (QED) is 0.855. The van der Waals surface area contributed by atoms with Gasteiger partial charge in [0.1, 0.15) is 5.82 Å². The van der Waals surface area contributed by atoms with Gasteiger partial charge in [0.05, 0.1) is 16.4 Å². The molecule has 1 aliphatic rings. The summed E-state index contributed by atoms with van der Waals surface area (Å²) in [6, 6.07) is 6.47. The first-order chi connectivity index (χ1) is 11.7. The van der Waals surface area contributed by atoms with Gasteiger partial charge in [0, 0.05) is 18.1 Å². The molecule has 2 aromatic rings. The number of aromatic amines is 1. The fourth-order valence-electron chi connectivity index (χ4n) is 3.25. The lowest BCUT2D eigenvalue weighted by Crippen LogP contribution is -2.49. The van der Waals surface area contributed by atoms with E-state index >= 15 is 0 Å². The van der Waals surface area contributed by atoms with Gasteiger partial charge in [-0.1, -0.05) is 18.6 Å². The number of aromatic nitrogens is 2. The number of H-pyrrole nitrogens is 1. The molecular formula is C18H23N3O3S.